The molecule has 2 rings (SSSR count). The highest BCUT2D eigenvalue weighted by Gasteiger charge is 2.14. The molecule has 0 aliphatic heterocycles. The van der Waals surface area contributed by atoms with Gasteiger partial charge in [-0.1, -0.05) is 29.3 Å². The van der Waals surface area contributed by atoms with Crippen molar-refractivity contribution in [1.82, 2.24) is 0 Å². The van der Waals surface area contributed by atoms with E-state index in [1.54, 1.807) is 19.1 Å². The van der Waals surface area contributed by atoms with Crippen molar-refractivity contribution in [3.63, 3.8) is 0 Å². The Labute approximate surface area is 125 Å². The summed E-state index contributed by atoms with van der Waals surface area (Å²) in [5.74, 6) is -1.16. The molecular weight excluding hydrogens is 301 g/mol. The maximum absolute atomic E-state index is 12.1. The second-order valence-corrected chi connectivity index (χ2v) is 5.00. The average molecular weight is 312 g/mol. The van der Waals surface area contributed by atoms with Crippen molar-refractivity contribution < 1.29 is 15.0 Å². The van der Waals surface area contributed by atoms with Gasteiger partial charge in [-0.05, 0) is 36.8 Å². The van der Waals surface area contributed by atoms with E-state index in [2.05, 4.69) is 5.32 Å². The van der Waals surface area contributed by atoms with Crippen LogP contribution in [0.5, 0.6) is 11.5 Å². The van der Waals surface area contributed by atoms with Gasteiger partial charge in [0.05, 0.1) is 15.7 Å². The molecule has 6 heteroatoms. The second-order valence-electron chi connectivity index (χ2n) is 4.21. The van der Waals surface area contributed by atoms with E-state index < -0.39 is 5.91 Å². The SMILES string of the molecule is Cc1ccc(Cl)c(NC(=O)c2ccc(O)c(O)c2)c1Cl. The largest absolute Gasteiger partial charge is 0.504 e. The smallest absolute Gasteiger partial charge is 0.255 e. The summed E-state index contributed by atoms with van der Waals surface area (Å²) in [5, 5.41) is 21.9. The fraction of sp³-hybridized carbons (Fsp3) is 0.0714. The molecule has 0 radical (unpaired) electrons. The first-order chi connectivity index (χ1) is 9.40. The highest BCUT2D eigenvalue weighted by Crippen LogP contribution is 2.33. The first-order valence-electron chi connectivity index (χ1n) is 5.68. The van der Waals surface area contributed by atoms with Gasteiger partial charge in [-0.3, -0.25) is 4.79 Å². The van der Waals surface area contributed by atoms with Gasteiger partial charge in [0, 0.05) is 5.56 Å². The molecule has 0 bridgehead atoms. The summed E-state index contributed by atoms with van der Waals surface area (Å²) in [5.41, 5.74) is 1.26. The van der Waals surface area contributed by atoms with Crippen LogP contribution in [-0.4, -0.2) is 16.1 Å². The third-order valence-corrected chi connectivity index (χ3v) is 3.56. The number of carbonyl (C=O) groups is 1. The van der Waals surface area contributed by atoms with Crippen LogP contribution in [0.1, 0.15) is 15.9 Å². The maximum Gasteiger partial charge on any atom is 0.255 e. The van der Waals surface area contributed by atoms with E-state index in [0.29, 0.717) is 15.7 Å². The predicted molar refractivity (Wildman–Crippen MR) is 78.9 cm³/mol. The Balaban J connectivity index is 2.32. The molecule has 0 saturated heterocycles. The standard InChI is InChI=1S/C14H11Cl2NO3/c1-7-2-4-9(15)13(12(7)16)17-14(20)8-3-5-10(18)11(19)6-8/h2-6,18-19H,1H3,(H,17,20). The zero-order valence-electron chi connectivity index (χ0n) is 10.4. The number of rotatable bonds is 2. The lowest BCUT2D eigenvalue weighted by molar-refractivity contribution is 0.102. The van der Waals surface area contributed by atoms with Crippen LogP contribution >= 0.6 is 23.2 Å². The highest BCUT2D eigenvalue weighted by atomic mass is 35.5. The molecule has 2 aromatic rings. The van der Waals surface area contributed by atoms with E-state index in [1.807, 2.05) is 0 Å². The van der Waals surface area contributed by atoms with Crippen molar-refractivity contribution in [2.24, 2.45) is 0 Å². The number of hydrogen-bond acceptors (Lipinski definition) is 3. The minimum absolute atomic E-state index is 0.175. The van der Waals surface area contributed by atoms with E-state index in [0.717, 1.165) is 11.6 Å². The Morgan fingerprint density at radius 1 is 1.10 bits per heavy atom. The second kappa shape index (κ2) is 5.61. The number of aromatic hydroxyl groups is 2. The number of halogens is 2. The summed E-state index contributed by atoms with van der Waals surface area (Å²) in [4.78, 5) is 12.1. The van der Waals surface area contributed by atoms with Gasteiger partial charge in [0.2, 0.25) is 0 Å². The molecule has 104 valence electrons. The van der Waals surface area contributed by atoms with E-state index in [1.165, 1.54) is 12.1 Å². The molecule has 0 aliphatic carbocycles. The Hall–Kier alpha value is -1.91. The molecule has 0 atom stereocenters. The summed E-state index contributed by atoms with van der Waals surface area (Å²) in [6, 6.07) is 7.13. The Bertz CT molecular complexity index is 686. The van der Waals surface area contributed by atoms with Gasteiger partial charge < -0.3 is 15.5 Å². The van der Waals surface area contributed by atoms with Crippen LogP contribution in [0.4, 0.5) is 5.69 Å². The lowest BCUT2D eigenvalue weighted by Crippen LogP contribution is -2.12. The van der Waals surface area contributed by atoms with Crippen molar-refractivity contribution >= 4 is 34.8 Å². The minimum atomic E-state index is -0.491. The average Bonchev–Trinajstić information content (AvgIpc) is 2.42. The van der Waals surface area contributed by atoms with Gasteiger partial charge in [0.15, 0.2) is 11.5 Å². The number of hydrogen-bond donors (Lipinski definition) is 3. The van der Waals surface area contributed by atoms with Crippen molar-refractivity contribution in [1.29, 1.82) is 0 Å². The summed E-state index contributed by atoms with van der Waals surface area (Å²) in [6.45, 7) is 1.79. The minimum Gasteiger partial charge on any atom is -0.504 e. The molecule has 0 fully saturated rings. The van der Waals surface area contributed by atoms with Gasteiger partial charge in [0.25, 0.3) is 5.91 Å². The quantitative estimate of drug-likeness (QED) is 0.735. The number of benzene rings is 2. The number of amides is 1. The van der Waals surface area contributed by atoms with Crippen LogP contribution in [0.3, 0.4) is 0 Å². The first kappa shape index (κ1) is 14.5. The molecular formula is C14H11Cl2NO3. The Morgan fingerprint density at radius 2 is 1.80 bits per heavy atom. The third kappa shape index (κ3) is 2.81. The molecule has 3 N–H and O–H groups in total. The number of anilines is 1. The van der Waals surface area contributed by atoms with Crippen LogP contribution in [0.2, 0.25) is 10.0 Å². The molecule has 0 aliphatic rings. The van der Waals surface area contributed by atoms with E-state index in [-0.39, 0.29) is 17.1 Å². The van der Waals surface area contributed by atoms with Crippen LogP contribution in [0, 0.1) is 6.92 Å². The van der Waals surface area contributed by atoms with Crippen LogP contribution in [0.25, 0.3) is 0 Å². The van der Waals surface area contributed by atoms with Crippen molar-refractivity contribution in [3.8, 4) is 11.5 Å². The Kier molecular flexibility index (Phi) is 4.06. The number of phenols is 2. The van der Waals surface area contributed by atoms with Crippen LogP contribution < -0.4 is 5.32 Å². The Morgan fingerprint density at radius 3 is 2.45 bits per heavy atom. The number of aryl methyl sites for hydroxylation is 1. The molecule has 0 heterocycles. The molecule has 1 amide bonds. The van der Waals surface area contributed by atoms with Gasteiger partial charge >= 0.3 is 0 Å². The van der Waals surface area contributed by atoms with Crippen LogP contribution in [-0.2, 0) is 0 Å². The molecule has 2 aromatic carbocycles. The molecule has 20 heavy (non-hydrogen) atoms. The summed E-state index contributed by atoms with van der Waals surface area (Å²) >= 11 is 12.1. The van der Waals surface area contributed by atoms with E-state index in [4.69, 9.17) is 23.2 Å². The van der Waals surface area contributed by atoms with Crippen molar-refractivity contribution in [3.05, 3.63) is 51.5 Å². The van der Waals surface area contributed by atoms with Gasteiger partial charge in [-0.15, -0.1) is 0 Å². The van der Waals surface area contributed by atoms with Crippen LogP contribution in [0.15, 0.2) is 30.3 Å². The fourth-order valence-electron chi connectivity index (χ4n) is 1.62. The summed E-state index contributed by atoms with van der Waals surface area (Å²) < 4.78 is 0. The van der Waals surface area contributed by atoms with Gasteiger partial charge in [0.1, 0.15) is 0 Å². The van der Waals surface area contributed by atoms with E-state index in [9.17, 15) is 15.0 Å². The zero-order valence-corrected chi connectivity index (χ0v) is 12.0. The first-order valence-corrected chi connectivity index (χ1v) is 6.43. The lowest BCUT2D eigenvalue weighted by atomic mass is 10.1. The summed E-state index contributed by atoms with van der Waals surface area (Å²) in [7, 11) is 0. The molecule has 0 saturated carbocycles. The molecule has 0 aromatic heterocycles. The topological polar surface area (TPSA) is 69.6 Å². The highest BCUT2D eigenvalue weighted by molar-refractivity contribution is 6.40. The predicted octanol–water partition coefficient (Wildman–Crippen LogP) is 3.97. The van der Waals surface area contributed by atoms with Gasteiger partial charge in [-0.25, -0.2) is 0 Å². The normalized spacial score (nSPS) is 10.3. The third-order valence-electron chi connectivity index (χ3n) is 2.76. The molecule has 0 spiro atoms. The fourth-order valence-corrected chi connectivity index (χ4v) is 2.09. The van der Waals surface area contributed by atoms with Crippen molar-refractivity contribution in [2.75, 3.05) is 5.32 Å². The number of nitrogens with one attached hydrogen (secondary N) is 1. The number of carbonyl (C=O) groups excluding carboxylic acids is 1. The molecule has 4 nitrogen and oxygen atoms in total. The van der Waals surface area contributed by atoms with Gasteiger partial charge in [-0.2, -0.15) is 0 Å². The zero-order chi connectivity index (χ0) is 14.9. The maximum atomic E-state index is 12.1. The van der Waals surface area contributed by atoms with Crippen molar-refractivity contribution in [2.45, 2.75) is 6.92 Å². The summed E-state index contributed by atoms with van der Waals surface area (Å²) in [6.07, 6.45) is 0. The van der Waals surface area contributed by atoms with E-state index >= 15 is 0 Å². The molecule has 0 unspecified atom stereocenters. The number of phenolic OH excluding ortho intramolecular Hbond substituents is 2. The monoisotopic (exact) mass is 311 g/mol. The lowest BCUT2D eigenvalue weighted by Gasteiger charge is -2.11.